The van der Waals surface area contributed by atoms with E-state index in [1.807, 2.05) is 0 Å². The van der Waals surface area contributed by atoms with Crippen molar-refractivity contribution < 1.29 is 14.7 Å². The Labute approximate surface area is 112 Å². The molecule has 1 aliphatic carbocycles. The average Bonchev–Trinajstić information content (AvgIpc) is 2.31. The second-order valence-corrected chi connectivity index (χ2v) is 18.4. The molecule has 0 spiro atoms. The Hall–Kier alpha value is 2.09. The molecule has 0 unspecified atom stereocenters. The minimum atomic E-state index is -1.92. The zero-order chi connectivity index (χ0) is 10.5. The fourth-order valence-electron chi connectivity index (χ4n) is 1.61. The molecule has 0 aromatic heterocycles. The average molecular weight is 332 g/mol. The van der Waals surface area contributed by atoms with Crippen LogP contribution in [0.25, 0.3) is 0 Å². The first-order chi connectivity index (χ1) is 5.84. The topological polar surface area (TPSA) is 0 Å². The Morgan fingerprint density at radius 1 is 1.07 bits per heavy atom. The van der Waals surface area contributed by atoms with Crippen molar-refractivity contribution in [1.29, 1.82) is 0 Å². The molecule has 14 heavy (non-hydrogen) atoms. The molecule has 1 fully saturated rings. The third-order valence-corrected chi connectivity index (χ3v) is 5.77. The Morgan fingerprint density at radius 2 is 1.36 bits per heavy atom. The SMILES string of the molecule is C[Si](C)(Cl)C1CCCC1.[CH3-].[Cl][Ti+]([Cl])[Cl]. The second kappa shape index (κ2) is 9.16. The fraction of sp³-hybridized carbons (Fsp3) is 0.875. The second-order valence-electron chi connectivity index (χ2n) is 3.76. The van der Waals surface area contributed by atoms with E-state index in [1.165, 1.54) is 25.7 Å². The summed E-state index contributed by atoms with van der Waals surface area (Å²) in [5, 5.41) is 0. The van der Waals surface area contributed by atoms with Crippen LogP contribution in [0.3, 0.4) is 0 Å². The molecule has 1 saturated carbocycles. The van der Waals surface area contributed by atoms with Crippen molar-refractivity contribution in [2.45, 2.75) is 44.3 Å². The van der Waals surface area contributed by atoms with E-state index in [0.717, 1.165) is 5.54 Å². The molecule has 0 aromatic carbocycles. The zero-order valence-electron chi connectivity index (χ0n) is 8.92. The van der Waals surface area contributed by atoms with Crippen LogP contribution in [0.5, 0.6) is 0 Å². The van der Waals surface area contributed by atoms with E-state index >= 15 is 0 Å². The van der Waals surface area contributed by atoms with Gasteiger partial charge in [-0.25, -0.2) is 0 Å². The molecule has 0 aromatic rings. The quantitative estimate of drug-likeness (QED) is 0.319. The van der Waals surface area contributed by atoms with Crippen molar-refractivity contribution in [3.63, 3.8) is 0 Å². The van der Waals surface area contributed by atoms with Gasteiger partial charge in [0.1, 0.15) is 0 Å². The van der Waals surface area contributed by atoms with Gasteiger partial charge in [-0.15, -0.1) is 0 Å². The summed E-state index contributed by atoms with van der Waals surface area (Å²) in [7, 11) is 13.7. The molecule has 0 saturated heterocycles. The standard InChI is InChI=1S/C7H15ClSi.CH3.3ClH.Ti/c1-9(2,8)7-5-3-4-6-7;;;;;/h7H,3-6H2,1-2H3;1H3;3*1H;/q;-1;;;;+4/p-3. The Kier molecular flexibility index (Phi) is 12.1. The summed E-state index contributed by atoms with van der Waals surface area (Å²) in [4.78, 5) is 0. The molecule has 0 aliphatic heterocycles. The first-order valence-corrected chi connectivity index (χ1v) is 14.9. The van der Waals surface area contributed by atoms with Gasteiger partial charge in [-0.3, -0.25) is 0 Å². The van der Waals surface area contributed by atoms with Gasteiger partial charge in [0.25, 0.3) is 0 Å². The van der Waals surface area contributed by atoms with Gasteiger partial charge in [0.05, 0.1) is 0 Å². The van der Waals surface area contributed by atoms with Gasteiger partial charge in [-0.05, 0) is 5.54 Å². The van der Waals surface area contributed by atoms with Crippen LogP contribution in [0, 0.1) is 7.43 Å². The molecule has 0 heterocycles. The van der Waals surface area contributed by atoms with E-state index < -0.39 is 22.1 Å². The van der Waals surface area contributed by atoms with Crippen LogP contribution in [-0.2, 0) is 14.7 Å². The van der Waals surface area contributed by atoms with E-state index in [2.05, 4.69) is 13.1 Å². The van der Waals surface area contributed by atoms with Gasteiger partial charge in [-0.2, -0.15) is 11.1 Å². The third kappa shape index (κ3) is 10.6. The molecule has 0 atom stereocenters. The maximum atomic E-state index is 6.28. The van der Waals surface area contributed by atoms with Gasteiger partial charge in [0.15, 0.2) is 7.38 Å². The summed E-state index contributed by atoms with van der Waals surface area (Å²) in [6.45, 7) is 4.54. The van der Waals surface area contributed by atoms with Gasteiger partial charge < -0.3 is 7.43 Å². The van der Waals surface area contributed by atoms with E-state index in [9.17, 15) is 0 Å². The molecule has 0 N–H and O–H groups in total. The molecule has 0 bridgehead atoms. The van der Waals surface area contributed by atoms with Crippen LogP contribution < -0.4 is 0 Å². The van der Waals surface area contributed by atoms with Gasteiger partial charge in [0, 0.05) is 0 Å². The number of hydrogen-bond donors (Lipinski definition) is 0. The van der Waals surface area contributed by atoms with Crippen molar-refractivity contribution in [2.24, 2.45) is 0 Å². The summed E-state index contributed by atoms with van der Waals surface area (Å²) in [5.74, 6) is 0. The first-order valence-electron chi connectivity index (χ1n) is 4.36. The molecular formula is C8H18Cl4SiTi. The van der Waals surface area contributed by atoms with Crippen molar-refractivity contribution in [3.05, 3.63) is 7.43 Å². The molecule has 0 nitrogen and oxygen atoms in total. The van der Waals surface area contributed by atoms with Gasteiger partial charge in [0.2, 0.25) is 0 Å². The summed E-state index contributed by atoms with van der Waals surface area (Å²) >= 11 is 4.36. The molecule has 0 amide bonds. The fourth-order valence-corrected chi connectivity index (χ4v) is 4.05. The van der Waals surface area contributed by atoms with Crippen molar-refractivity contribution in [1.82, 2.24) is 0 Å². The Morgan fingerprint density at radius 3 is 1.50 bits per heavy atom. The van der Waals surface area contributed by atoms with Crippen LogP contribution in [-0.4, -0.2) is 7.38 Å². The zero-order valence-corrected chi connectivity index (χ0v) is 14.5. The Bertz CT molecular complexity index is 129. The van der Waals surface area contributed by atoms with Crippen LogP contribution in [0.1, 0.15) is 25.7 Å². The summed E-state index contributed by atoms with van der Waals surface area (Å²) < 4.78 is 0. The molecule has 1 aliphatic rings. The normalized spacial score (nSPS) is 16.7. The molecule has 0 radical (unpaired) electrons. The summed E-state index contributed by atoms with van der Waals surface area (Å²) in [6, 6.07) is 0. The van der Waals surface area contributed by atoms with Crippen LogP contribution in [0.15, 0.2) is 0 Å². The maximum absolute atomic E-state index is 6.28. The van der Waals surface area contributed by atoms with Crippen molar-refractivity contribution in [2.75, 3.05) is 0 Å². The van der Waals surface area contributed by atoms with Crippen LogP contribution >= 0.6 is 39.0 Å². The van der Waals surface area contributed by atoms with E-state index in [-0.39, 0.29) is 7.43 Å². The van der Waals surface area contributed by atoms with Gasteiger partial charge >= 0.3 is 42.6 Å². The minimum absolute atomic E-state index is 0. The number of hydrogen-bond acceptors (Lipinski definition) is 0. The number of halogens is 4. The third-order valence-electron chi connectivity index (χ3n) is 2.33. The van der Waals surface area contributed by atoms with E-state index in [0.29, 0.717) is 0 Å². The van der Waals surface area contributed by atoms with E-state index in [4.69, 9.17) is 39.0 Å². The van der Waals surface area contributed by atoms with Crippen molar-refractivity contribution in [3.8, 4) is 0 Å². The molecular weight excluding hydrogens is 314 g/mol. The number of rotatable bonds is 1. The van der Waals surface area contributed by atoms with Crippen LogP contribution in [0.4, 0.5) is 0 Å². The molecule has 6 heteroatoms. The predicted molar refractivity (Wildman–Crippen MR) is 69.5 cm³/mol. The van der Waals surface area contributed by atoms with E-state index in [1.54, 1.807) is 0 Å². The first kappa shape index (κ1) is 18.5. The monoisotopic (exact) mass is 330 g/mol. The molecule has 1 rings (SSSR count). The van der Waals surface area contributed by atoms with Crippen molar-refractivity contribution >= 4 is 46.4 Å². The summed E-state index contributed by atoms with van der Waals surface area (Å²) in [6.07, 6.45) is 5.66. The molecule has 86 valence electrons. The Balaban J connectivity index is 0. The predicted octanol–water partition coefficient (Wildman–Crippen LogP) is 5.89. The van der Waals surface area contributed by atoms with Gasteiger partial charge in [-0.1, -0.05) is 38.8 Å². The van der Waals surface area contributed by atoms with Crippen LogP contribution in [0.2, 0.25) is 18.6 Å². The summed E-state index contributed by atoms with van der Waals surface area (Å²) in [5.41, 5.74) is 0.916.